The van der Waals surface area contributed by atoms with Crippen molar-refractivity contribution in [3.63, 3.8) is 0 Å². The Kier molecular flexibility index (Phi) is 6.48. The topological polar surface area (TPSA) is 117 Å². The van der Waals surface area contributed by atoms with Gasteiger partial charge in [-0.25, -0.2) is 0 Å². The number of rotatable bonds is 6. The summed E-state index contributed by atoms with van der Waals surface area (Å²) in [5.41, 5.74) is 10.1. The SMILES string of the molecule is COc1ccc2c(Nc3ccc(N(Cc4cccnc4)C(C)=O)c(Cl)c3)c(C#N)cnc2c1N. The van der Waals surface area contributed by atoms with E-state index in [1.165, 1.54) is 20.2 Å². The predicted octanol–water partition coefficient (Wildman–Crippen LogP) is 5.04. The Bertz CT molecular complexity index is 1420. The molecule has 0 aliphatic heterocycles. The fourth-order valence-corrected chi connectivity index (χ4v) is 3.94. The summed E-state index contributed by atoms with van der Waals surface area (Å²) in [5, 5.41) is 13.9. The molecule has 1 amide bonds. The molecule has 34 heavy (non-hydrogen) atoms. The van der Waals surface area contributed by atoms with Gasteiger partial charge < -0.3 is 20.7 Å². The number of fused-ring (bicyclic) bond motifs is 1. The predicted molar refractivity (Wildman–Crippen MR) is 133 cm³/mol. The van der Waals surface area contributed by atoms with Crippen LogP contribution in [0.2, 0.25) is 5.02 Å². The lowest BCUT2D eigenvalue weighted by atomic mass is 10.1. The van der Waals surface area contributed by atoms with Crippen LogP contribution in [0.3, 0.4) is 0 Å². The minimum absolute atomic E-state index is 0.150. The highest BCUT2D eigenvalue weighted by Crippen LogP contribution is 2.37. The van der Waals surface area contributed by atoms with E-state index >= 15 is 0 Å². The number of carbonyl (C=O) groups excluding carboxylic acids is 1. The maximum absolute atomic E-state index is 12.4. The van der Waals surface area contributed by atoms with Gasteiger partial charge in [0.15, 0.2) is 0 Å². The van der Waals surface area contributed by atoms with Crippen LogP contribution in [0.5, 0.6) is 5.75 Å². The second-order valence-electron chi connectivity index (χ2n) is 7.49. The van der Waals surface area contributed by atoms with Crippen LogP contribution >= 0.6 is 11.6 Å². The molecule has 3 N–H and O–H groups in total. The van der Waals surface area contributed by atoms with E-state index in [9.17, 15) is 10.1 Å². The van der Waals surface area contributed by atoms with Gasteiger partial charge in [-0.3, -0.25) is 14.8 Å². The Hall–Kier alpha value is -4.35. The second kappa shape index (κ2) is 9.65. The number of halogens is 1. The molecule has 0 fully saturated rings. The van der Waals surface area contributed by atoms with Crippen molar-refractivity contribution in [2.45, 2.75) is 13.5 Å². The summed E-state index contributed by atoms with van der Waals surface area (Å²) in [5.74, 6) is 0.351. The Morgan fingerprint density at radius 3 is 2.74 bits per heavy atom. The van der Waals surface area contributed by atoms with E-state index in [1.54, 1.807) is 47.6 Å². The summed E-state index contributed by atoms with van der Waals surface area (Å²) in [4.78, 5) is 22.4. The number of carbonyl (C=O) groups is 1. The number of methoxy groups -OCH3 is 1. The minimum Gasteiger partial charge on any atom is -0.495 e. The Morgan fingerprint density at radius 1 is 1.26 bits per heavy atom. The summed E-state index contributed by atoms with van der Waals surface area (Å²) >= 11 is 6.59. The van der Waals surface area contributed by atoms with Crippen LogP contribution in [0.15, 0.2) is 61.1 Å². The van der Waals surface area contributed by atoms with Crippen LogP contribution in [0, 0.1) is 11.3 Å². The molecule has 0 radical (unpaired) electrons. The van der Waals surface area contributed by atoms with Crippen molar-refractivity contribution < 1.29 is 9.53 Å². The number of nitrogens with two attached hydrogens (primary N) is 1. The average molecular weight is 473 g/mol. The van der Waals surface area contributed by atoms with Gasteiger partial charge in [-0.1, -0.05) is 17.7 Å². The van der Waals surface area contributed by atoms with Crippen molar-refractivity contribution in [2.75, 3.05) is 23.1 Å². The second-order valence-corrected chi connectivity index (χ2v) is 7.90. The molecule has 0 unspecified atom stereocenters. The Labute approximate surface area is 201 Å². The quantitative estimate of drug-likeness (QED) is 0.377. The van der Waals surface area contributed by atoms with Gasteiger partial charge in [0, 0.05) is 36.6 Å². The average Bonchev–Trinajstić information content (AvgIpc) is 2.84. The molecule has 0 aliphatic carbocycles. The molecule has 0 atom stereocenters. The minimum atomic E-state index is -0.150. The third kappa shape index (κ3) is 4.42. The first-order valence-electron chi connectivity index (χ1n) is 10.3. The maximum atomic E-state index is 12.4. The van der Waals surface area contributed by atoms with Gasteiger partial charge in [0.2, 0.25) is 5.91 Å². The summed E-state index contributed by atoms with van der Waals surface area (Å²) in [6.45, 7) is 1.82. The normalized spacial score (nSPS) is 10.5. The van der Waals surface area contributed by atoms with E-state index in [1.807, 2.05) is 12.1 Å². The molecule has 4 rings (SSSR count). The molecule has 9 heteroatoms. The van der Waals surface area contributed by atoms with Crippen molar-refractivity contribution in [1.82, 2.24) is 9.97 Å². The van der Waals surface area contributed by atoms with Crippen molar-refractivity contribution in [3.8, 4) is 11.8 Å². The number of nitriles is 1. The highest BCUT2D eigenvalue weighted by atomic mass is 35.5. The first-order valence-corrected chi connectivity index (χ1v) is 10.7. The van der Waals surface area contributed by atoms with Gasteiger partial charge in [-0.15, -0.1) is 0 Å². The summed E-state index contributed by atoms with van der Waals surface area (Å²) in [6.07, 6.45) is 4.84. The molecule has 0 bridgehead atoms. The molecule has 0 spiro atoms. The van der Waals surface area contributed by atoms with E-state index in [0.29, 0.717) is 56.5 Å². The number of anilines is 4. The molecule has 170 valence electrons. The lowest BCUT2D eigenvalue weighted by Gasteiger charge is -2.23. The molecule has 0 saturated carbocycles. The maximum Gasteiger partial charge on any atom is 0.224 e. The lowest BCUT2D eigenvalue weighted by molar-refractivity contribution is -0.116. The number of amides is 1. The van der Waals surface area contributed by atoms with E-state index < -0.39 is 0 Å². The van der Waals surface area contributed by atoms with Gasteiger partial charge in [-0.05, 0) is 42.0 Å². The molecule has 0 aliphatic rings. The molecule has 2 aromatic heterocycles. The van der Waals surface area contributed by atoms with E-state index in [4.69, 9.17) is 22.1 Å². The Balaban J connectivity index is 1.71. The van der Waals surface area contributed by atoms with Crippen LogP contribution in [-0.2, 0) is 11.3 Å². The number of ether oxygens (including phenoxy) is 1. The number of benzene rings is 2. The highest BCUT2D eigenvalue weighted by Gasteiger charge is 2.18. The summed E-state index contributed by atoms with van der Waals surface area (Å²) < 4.78 is 5.28. The first kappa shape index (κ1) is 22.8. The number of nitrogens with one attached hydrogen (secondary N) is 1. The van der Waals surface area contributed by atoms with E-state index in [-0.39, 0.29) is 5.91 Å². The molecule has 4 aromatic rings. The number of hydrogen-bond acceptors (Lipinski definition) is 7. The smallest absolute Gasteiger partial charge is 0.224 e. The van der Waals surface area contributed by atoms with Crippen LogP contribution in [0.25, 0.3) is 10.9 Å². The van der Waals surface area contributed by atoms with Gasteiger partial charge in [0.1, 0.15) is 17.5 Å². The third-order valence-corrected chi connectivity index (χ3v) is 5.63. The zero-order valence-corrected chi connectivity index (χ0v) is 19.3. The number of hydrogen-bond donors (Lipinski definition) is 2. The van der Waals surface area contributed by atoms with Crippen molar-refractivity contribution >= 4 is 51.2 Å². The largest absolute Gasteiger partial charge is 0.495 e. The standard InChI is InChI=1S/C25H21ClN6O2/c1-15(33)32(14-16-4-3-9-29-12-16)21-7-5-18(10-20(21)26)31-24-17(11-27)13-30-25-19(24)6-8-22(34-2)23(25)28/h3-10,12-13H,14,28H2,1-2H3,(H,30,31). The fourth-order valence-electron chi connectivity index (χ4n) is 3.65. The molecule has 2 aromatic carbocycles. The van der Waals surface area contributed by atoms with Crippen LogP contribution < -0.4 is 20.7 Å². The van der Waals surface area contributed by atoms with E-state index in [2.05, 4.69) is 21.4 Å². The summed E-state index contributed by atoms with van der Waals surface area (Å²) in [6, 6.07) is 14.6. The van der Waals surface area contributed by atoms with Crippen LogP contribution in [0.1, 0.15) is 18.1 Å². The molecular weight excluding hydrogens is 452 g/mol. The molecule has 2 heterocycles. The monoisotopic (exact) mass is 472 g/mol. The highest BCUT2D eigenvalue weighted by molar-refractivity contribution is 6.34. The lowest BCUT2D eigenvalue weighted by Crippen LogP contribution is -2.28. The van der Waals surface area contributed by atoms with Gasteiger partial charge >= 0.3 is 0 Å². The summed E-state index contributed by atoms with van der Waals surface area (Å²) in [7, 11) is 1.53. The number of aromatic nitrogens is 2. The van der Waals surface area contributed by atoms with Crippen molar-refractivity contribution in [1.29, 1.82) is 5.26 Å². The van der Waals surface area contributed by atoms with Gasteiger partial charge in [0.25, 0.3) is 0 Å². The zero-order chi connectivity index (χ0) is 24.2. The number of nitrogens with zero attached hydrogens (tertiary/aromatic N) is 4. The third-order valence-electron chi connectivity index (χ3n) is 5.33. The fraction of sp³-hybridized carbons (Fsp3) is 0.120. The van der Waals surface area contributed by atoms with Gasteiger partial charge in [-0.2, -0.15) is 5.26 Å². The Morgan fingerprint density at radius 2 is 2.09 bits per heavy atom. The van der Waals surface area contributed by atoms with Crippen molar-refractivity contribution in [2.24, 2.45) is 0 Å². The van der Waals surface area contributed by atoms with Crippen LogP contribution in [0.4, 0.5) is 22.7 Å². The van der Waals surface area contributed by atoms with Gasteiger partial charge in [0.05, 0.1) is 41.1 Å². The first-order chi connectivity index (χ1) is 16.4. The molecule has 0 saturated heterocycles. The molecular formula is C25H21ClN6O2. The zero-order valence-electron chi connectivity index (χ0n) is 18.5. The number of nitrogen functional groups attached to an aromatic ring is 1. The van der Waals surface area contributed by atoms with E-state index in [0.717, 1.165) is 5.56 Å². The molecule has 8 nitrogen and oxygen atoms in total. The van der Waals surface area contributed by atoms with Crippen LogP contribution in [-0.4, -0.2) is 23.0 Å². The van der Waals surface area contributed by atoms with Crippen molar-refractivity contribution in [3.05, 3.63) is 77.2 Å². The number of pyridine rings is 2.